The Morgan fingerprint density at radius 1 is 1.35 bits per heavy atom. The Bertz CT molecular complexity index is 544. The van der Waals surface area contributed by atoms with Crippen LogP contribution in [0, 0.1) is 0 Å². The van der Waals surface area contributed by atoms with Crippen molar-refractivity contribution in [1.29, 1.82) is 0 Å². The molecule has 0 fully saturated rings. The highest BCUT2D eigenvalue weighted by Crippen LogP contribution is 2.19. The van der Waals surface area contributed by atoms with Crippen LogP contribution >= 0.6 is 11.8 Å². The molecule has 0 bridgehead atoms. The molecule has 0 spiro atoms. The summed E-state index contributed by atoms with van der Waals surface area (Å²) < 4.78 is 24.9. The summed E-state index contributed by atoms with van der Waals surface area (Å²) in [6, 6.07) is 7.24. The van der Waals surface area contributed by atoms with Crippen LogP contribution in [0.25, 0.3) is 0 Å². The number of benzene rings is 1. The van der Waals surface area contributed by atoms with Crippen LogP contribution in [0.1, 0.15) is 0 Å². The van der Waals surface area contributed by atoms with Gasteiger partial charge in [0.15, 0.2) is 0 Å². The van der Waals surface area contributed by atoms with Crippen molar-refractivity contribution in [3.63, 3.8) is 0 Å². The highest BCUT2D eigenvalue weighted by Gasteiger charge is 2.19. The third kappa shape index (κ3) is 5.40. The van der Waals surface area contributed by atoms with Gasteiger partial charge in [0.25, 0.3) is 0 Å². The number of thioether (sulfide) groups is 1. The van der Waals surface area contributed by atoms with Crippen molar-refractivity contribution in [2.45, 2.75) is 4.90 Å². The van der Waals surface area contributed by atoms with Gasteiger partial charge in [-0.1, -0.05) is 0 Å². The first-order valence-electron chi connectivity index (χ1n) is 5.98. The van der Waals surface area contributed by atoms with Crippen LogP contribution in [-0.4, -0.2) is 50.8 Å². The Morgan fingerprint density at radius 2 is 1.95 bits per heavy atom. The molecule has 0 aromatic heterocycles. The second-order valence-corrected chi connectivity index (χ2v) is 7.53. The van der Waals surface area contributed by atoms with Crippen molar-refractivity contribution in [3.05, 3.63) is 24.3 Å². The third-order valence-corrected chi connectivity index (χ3v) is 5.68. The minimum atomic E-state index is -3.42. The van der Waals surface area contributed by atoms with Gasteiger partial charge < -0.3 is 11.1 Å². The van der Waals surface area contributed by atoms with E-state index in [2.05, 4.69) is 5.32 Å². The number of nitrogens with one attached hydrogen (secondary N) is 1. The second-order valence-electron chi connectivity index (χ2n) is 4.16. The normalized spacial score (nSPS) is 11.6. The van der Waals surface area contributed by atoms with Gasteiger partial charge in [-0.3, -0.25) is 4.79 Å². The molecule has 3 N–H and O–H groups in total. The molecule has 1 aromatic rings. The minimum absolute atomic E-state index is 0.0183. The van der Waals surface area contributed by atoms with Gasteiger partial charge in [0, 0.05) is 30.4 Å². The summed E-state index contributed by atoms with van der Waals surface area (Å²) in [5, 5.41) is 2.39. The lowest BCUT2D eigenvalue weighted by Gasteiger charge is -2.15. The Kier molecular flexibility index (Phi) is 6.31. The molecule has 0 heterocycles. The number of hydrogen-bond acceptors (Lipinski definition) is 5. The number of likely N-dealkylation sites (N-methyl/N-ethyl adjacent to an activating group) is 2. The number of sulfonamides is 1. The first-order valence-corrected chi connectivity index (χ1v) is 8.57. The molecule has 0 aliphatic carbocycles. The van der Waals surface area contributed by atoms with Gasteiger partial charge in [0.2, 0.25) is 15.9 Å². The zero-order valence-electron chi connectivity index (χ0n) is 11.5. The molecule has 0 radical (unpaired) electrons. The van der Waals surface area contributed by atoms with E-state index in [0.717, 1.165) is 9.20 Å². The maximum Gasteiger partial charge on any atom is 0.235 e. The monoisotopic (exact) mass is 317 g/mol. The van der Waals surface area contributed by atoms with Gasteiger partial charge in [-0.05, 0) is 24.3 Å². The average molecular weight is 317 g/mol. The molecule has 6 nitrogen and oxygen atoms in total. The Labute approximate surface area is 123 Å². The highest BCUT2D eigenvalue weighted by atomic mass is 32.2. The van der Waals surface area contributed by atoms with E-state index in [1.165, 1.54) is 25.9 Å². The lowest BCUT2D eigenvalue weighted by molar-refractivity contribution is -0.120. The fourth-order valence-corrected chi connectivity index (χ4v) is 3.73. The van der Waals surface area contributed by atoms with E-state index < -0.39 is 10.0 Å². The van der Waals surface area contributed by atoms with E-state index in [4.69, 9.17) is 5.73 Å². The molecule has 0 aliphatic heterocycles. The largest absolute Gasteiger partial charge is 0.399 e. The number of amides is 1. The average Bonchev–Trinajstić information content (AvgIpc) is 2.40. The fraction of sp³-hybridized carbons (Fsp3) is 0.417. The summed E-state index contributed by atoms with van der Waals surface area (Å²) in [7, 11) is -0.544. The number of anilines is 1. The molecule has 112 valence electrons. The van der Waals surface area contributed by atoms with Crippen LogP contribution < -0.4 is 11.1 Å². The van der Waals surface area contributed by atoms with Crippen molar-refractivity contribution >= 4 is 33.4 Å². The molecule has 20 heavy (non-hydrogen) atoms. The van der Waals surface area contributed by atoms with Gasteiger partial charge >= 0.3 is 0 Å². The number of carbonyl (C=O) groups is 1. The van der Waals surface area contributed by atoms with Gasteiger partial charge in [-0.25, -0.2) is 8.42 Å². The maximum absolute atomic E-state index is 11.9. The molecule has 8 heteroatoms. The van der Waals surface area contributed by atoms with E-state index in [1.54, 1.807) is 12.1 Å². The van der Waals surface area contributed by atoms with Gasteiger partial charge in [-0.15, -0.1) is 11.8 Å². The van der Waals surface area contributed by atoms with Crippen LogP contribution in [-0.2, 0) is 14.8 Å². The zero-order valence-corrected chi connectivity index (χ0v) is 13.1. The van der Waals surface area contributed by atoms with Crippen molar-refractivity contribution in [2.24, 2.45) is 0 Å². The van der Waals surface area contributed by atoms with Crippen molar-refractivity contribution in [1.82, 2.24) is 9.62 Å². The topological polar surface area (TPSA) is 92.5 Å². The summed E-state index contributed by atoms with van der Waals surface area (Å²) in [4.78, 5) is 12.1. The molecule has 1 amide bonds. The predicted molar refractivity (Wildman–Crippen MR) is 82.1 cm³/mol. The molecular weight excluding hydrogens is 298 g/mol. The quantitative estimate of drug-likeness (QED) is 0.560. The molecule has 0 saturated carbocycles. The Morgan fingerprint density at radius 3 is 2.50 bits per heavy atom. The number of carbonyl (C=O) groups excluding carboxylic acids is 1. The lowest BCUT2D eigenvalue weighted by atomic mass is 10.3. The molecule has 0 saturated heterocycles. The molecular formula is C12H19N3O3S2. The second kappa shape index (κ2) is 7.51. The number of rotatable bonds is 7. The number of hydrogen-bond donors (Lipinski definition) is 2. The van der Waals surface area contributed by atoms with Gasteiger partial charge in [-0.2, -0.15) is 4.31 Å². The summed E-state index contributed by atoms with van der Waals surface area (Å²) in [6.45, 7) is -0.161. The fourth-order valence-electron chi connectivity index (χ4n) is 1.36. The SMILES string of the molecule is CNC(=O)CN(C)S(=O)(=O)CCSc1ccc(N)cc1. The summed E-state index contributed by atoms with van der Waals surface area (Å²) in [5.74, 6) is 0.0714. The number of nitrogens with zero attached hydrogens (tertiary/aromatic N) is 1. The van der Waals surface area contributed by atoms with E-state index in [0.29, 0.717) is 11.4 Å². The van der Waals surface area contributed by atoms with Gasteiger partial charge in [0.05, 0.1) is 12.3 Å². The Balaban J connectivity index is 2.47. The highest BCUT2D eigenvalue weighted by molar-refractivity contribution is 8.00. The van der Waals surface area contributed by atoms with Crippen LogP contribution in [0.4, 0.5) is 5.69 Å². The van der Waals surface area contributed by atoms with Gasteiger partial charge in [0.1, 0.15) is 0 Å². The predicted octanol–water partition coefficient (Wildman–Crippen LogP) is 0.369. The number of nitrogens with two attached hydrogens (primary N) is 1. The molecule has 1 rings (SSSR count). The van der Waals surface area contributed by atoms with Crippen LogP contribution in [0.2, 0.25) is 0 Å². The van der Waals surface area contributed by atoms with Crippen molar-refractivity contribution in [3.8, 4) is 0 Å². The lowest BCUT2D eigenvalue weighted by Crippen LogP contribution is -2.38. The molecule has 0 aliphatic rings. The molecule has 1 aromatic carbocycles. The zero-order chi connectivity index (χ0) is 15.2. The molecule has 0 atom stereocenters. The van der Waals surface area contributed by atoms with Crippen LogP contribution in [0.5, 0.6) is 0 Å². The molecule has 0 unspecified atom stereocenters. The van der Waals surface area contributed by atoms with Crippen molar-refractivity contribution < 1.29 is 13.2 Å². The van der Waals surface area contributed by atoms with Crippen molar-refractivity contribution in [2.75, 3.05) is 37.9 Å². The number of nitrogen functional groups attached to an aromatic ring is 1. The first-order chi connectivity index (χ1) is 9.35. The first kappa shape index (κ1) is 16.8. The van der Waals surface area contributed by atoms with E-state index in [1.807, 2.05) is 12.1 Å². The van der Waals surface area contributed by atoms with Crippen LogP contribution in [0.3, 0.4) is 0 Å². The summed E-state index contributed by atoms with van der Waals surface area (Å²) in [5.41, 5.74) is 6.25. The van der Waals surface area contributed by atoms with E-state index in [-0.39, 0.29) is 18.2 Å². The summed E-state index contributed by atoms with van der Waals surface area (Å²) in [6.07, 6.45) is 0. The Hall–Kier alpha value is -1.25. The smallest absolute Gasteiger partial charge is 0.235 e. The maximum atomic E-state index is 11.9. The summed E-state index contributed by atoms with van der Waals surface area (Å²) >= 11 is 1.44. The minimum Gasteiger partial charge on any atom is -0.399 e. The van der Waals surface area contributed by atoms with Crippen LogP contribution in [0.15, 0.2) is 29.2 Å². The standard InChI is InChI=1S/C12H19N3O3S2/c1-14-12(16)9-15(2)20(17,18)8-7-19-11-5-3-10(13)4-6-11/h3-6H,7-9,13H2,1-2H3,(H,14,16). The third-order valence-electron chi connectivity index (χ3n) is 2.61. The van der Waals surface area contributed by atoms with E-state index >= 15 is 0 Å². The van der Waals surface area contributed by atoms with E-state index in [9.17, 15) is 13.2 Å².